The lowest BCUT2D eigenvalue weighted by Gasteiger charge is -2.13. The van der Waals surface area contributed by atoms with Crippen molar-refractivity contribution in [2.45, 2.75) is 27.7 Å². The van der Waals surface area contributed by atoms with Gasteiger partial charge >= 0.3 is 0 Å². The van der Waals surface area contributed by atoms with E-state index in [1.54, 1.807) is 19.4 Å². The van der Waals surface area contributed by atoms with Crippen LogP contribution >= 0.6 is 0 Å². The van der Waals surface area contributed by atoms with Crippen LogP contribution in [0.25, 0.3) is 27.7 Å². The topological polar surface area (TPSA) is 51.5 Å². The standard InChI is InChI=1S/C23H25NO3/c1-6-24-21(25)11-15(3)18-12-19-20(17-9-7-14(2)8-10-17)13-27-23(19)16(4)22(18)26-5/h7-13H,6H2,1-5H3,(H,24,25)/b15-11+. The molecule has 0 radical (unpaired) electrons. The number of allylic oxidation sites excluding steroid dienone is 1. The maximum atomic E-state index is 12.0. The number of rotatable bonds is 5. The van der Waals surface area contributed by atoms with Crippen molar-refractivity contribution in [3.05, 3.63) is 59.4 Å². The van der Waals surface area contributed by atoms with Gasteiger partial charge in [0.1, 0.15) is 11.3 Å². The van der Waals surface area contributed by atoms with E-state index in [0.29, 0.717) is 6.54 Å². The number of carbonyl (C=O) groups is 1. The summed E-state index contributed by atoms with van der Waals surface area (Å²) in [6.07, 6.45) is 3.40. The molecule has 0 bridgehead atoms. The number of methoxy groups -OCH3 is 1. The van der Waals surface area contributed by atoms with Crippen molar-refractivity contribution in [1.29, 1.82) is 0 Å². The quantitative estimate of drug-likeness (QED) is 0.629. The molecule has 2 aromatic carbocycles. The van der Waals surface area contributed by atoms with Crippen LogP contribution in [0.2, 0.25) is 0 Å². The molecule has 0 fully saturated rings. The summed E-state index contributed by atoms with van der Waals surface area (Å²) in [5, 5.41) is 3.81. The summed E-state index contributed by atoms with van der Waals surface area (Å²) >= 11 is 0. The predicted molar refractivity (Wildman–Crippen MR) is 110 cm³/mol. The first-order valence-corrected chi connectivity index (χ1v) is 9.08. The van der Waals surface area contributed by atoms with E-state index < -0.39 is 0 Å². The molecular weight excluding hydrogens is 338 g/mol. The summed E-state index contributed by atoms with van der Waals surface area (Å²) in [6, 6.07) is 10.4. The number of amides is 1. The summed E-state index contributed by atoms with van der Waals surface area (Å²) in [7, 11) is 1.64. The lowest BCUT2D eigenvalue weighted by Crippen LogP contribution is -2.20. The highest BCUT2D eigenvalue weighted by molar-refractivity contribution is 6.01. The number of ether oxygens (including phenoxy) is 1. The van der Waals surface area contributed by atoms with Crippen LogP contribution in [0, 0.1) is 13.8 Å². The number of fused-ring (bicyclic) bond motifs is 1. The molecule has 1 N–H and O–H groups in total. The van der Waals surface area contributed by atoms with Gasteiger partial charge in [-0.05, 0) is 44.9 Å². The number of likely N-dealkylation sites (N-methyl/N-ethyl adjacent to an activating group) is 1. The molecule has 4 heteroatoms. The molecule has 1 heterocycles. The van der Waals surface area contributed by atoms with E-state index in [2.05, 4.69) is 36.5 Å². The minimum atomic E-state index is -0.110. The number of nitrogens with one attached hydrogen (secondary N) is 1. The SMILES string of the molecule is CCNC(=O)/C=C(\C)c1cc2c(-c3ccc(C)cc3)coc2c(C)c1OC. The molecule has 0 aliphatic carbocycles. The number of carbonyl (C=O) groups excluding carboxylic acids is 1. The highest BCUT2D eigenvalue weighted by atomic mass is 16.5. The molecule has 1 amide bonds. The Morgan fingerprint density at radius 1 is 1.22 bits per heavy atom. The highest BCUT2D eigenvalue weighted by Crippen LogP contribution is 2.40. The van der Waals surface area contributed by atoms with Gasteiger partial charge in [0.15, 0.2) is 0 Å². The fraction of sp³-hybridized carbons (Fsp3) is 0.261. The molecule has 0 aliphatic rings. The summed E-state index contributed by atoms with van der Waals surface area (Å²) in [5.74, 6) is 0.617. The Morgan fingerprint density at radius 3 is 2.56 bits per heavy atom. The molecular formula is C23H25NO3. The molecule has 0 spiro atoms. The Morgan fingerprint density at radius 2 is 1.93 bits per heavy atom. The van der Waals surface area contributed by atoms with E-state index in [1.165, 1.54) is 5.56 Å². The van der Waals surface area contributed by atoms with E-state index in [0.717, 1.165) is 44.5 Å². The van der Waals surface area contributed by atoms with Crippen LogP contribution in [-0.4, -0.2) is 19.6 Å². The first kappa shape index (κ1) is 18.8. The van der Waals surface area contributed by atoms with Gasteiger partial charge in [0.05, 0.1) is 13.4 Å². The van der Waals surface area contributed by atoms with Crippen molar-refractivity contribution in [1.82, 2.24) is 5.32 Å². The van der Waals surface area contributed by atoms with Gasteiger partial charge in [0.25, 0.3) is 0 Å². The van der Waals surface area contributed by atoms with Gasteiger partial charge in [-0.3, -0.25) is 4.79 Å². The van der Waals surface area contributed by atoms with Gasteiger partial charge < -0.3 is 14.5 Å². The average Bonchev–Trinajstić information content (AvgIpc) is 3.06. The smallest absolute Gasteiger partial charge is 0.244 e. The Hall–Kier alpha value is -3.01. The van der Waals surface area contributed by atoms with Crippen molar-refractivity contribution >= 4 is 22.4 Å². The predicted octanol–water partition coefficient (Wildman–Crippen LogP) is 5.26. The average molecular weight is 363 g/mol. The van der Waals surface area contributed by atoms with Crippen LogP contribution < -0.4 is 10.1 Å². The van der Waals surface area contributed by atoms with Gasteiger partial charge in [-0.2, -0.15) is 0 Å². The second-order valence-electron chi connectivity index (χ2n) is 6.70. The van der Waals surface area contributed by atoms with Gasteiger partial charge in [0.2, 0.25) is 5.91 Å². The molecule has 0 atom stereocenters. The van der Waals surface area contributed by atoms with Crippen molar-refractivity contribution in [2.24, 2.45) is 0 Å². The third-order valence-electron chi connectivity index (χ3n) is 4.73. The maximum Gasteiger partial charge on any atom is 0.244 e. The van der Waals surface area contributed by atoms with Crippen molar-refractivity contribution in [2.75, 3.05) is 13.7 Å². The van der Waals surface area contributed by atoms with E-state index in [4.69, 9.17) is 9.15 Å². The Labute approximate surface area is 159 Å². The van der Waals surface area contributed by atoms with Gasteiger partial charge in [-0.15, -0.1) is 0 Å². The Balaban J connectivity index is 2.20. The largest absolute Gasteiger partial charge is 0.496 e. The monoisotopic (exact) mass is 363 g/mol. The van der Waals surface area contributed by atoms with Crippen LogP contribution in [0.5, 0.6) is 5.75 Å². The lowest BCUT2D eigenvalue weighted by molar-refractivity contribution is -0.116. The minimum absolute atomic E-state index is 0.110. The Bertz CT molecular complexity index is 1010. The van der Waals surface area contributed by atoms with Crippen LogP contribution in [0.15, 0.2) is 47.1 Å². The van der Waals surface area contributed by atoms with Crippen molar-refractivity contribution in [3.63, 3.8) is 0 Å². The number of hydrogen-bond donors (Lipinski definition) is 1. The van der Waals surface area contributed by atoms with Gasteiger partial charge in [-0.25, -0.2) is 0 Å². The molecule has 140 valence electrons. The van der Waals surface area contributed by atoms with Crippen LogP contribution in [-0.2, 0) is 4.79 Å². The zero-order valence-corrected chi connectivity index (χ0v) is 16.5. The summed E-state index contributed by atoms with van der Waals surface area (Å²) in [6.45, 7) is 8.46. The molecule has 0 saturated carbocycles. The third-order valence-corrected chi connectivity index (χ3v) is 4.73. The fourth-order valence-corrected chi connectivity index (χ4v) is 3.33. The molecule has 4 nitrogen and oxygen atoms in total. The summed E-state index contributed by atoms with van der Waals surface area (Å²) < 4.78 is 11.5. The maximum absolute atomic E-state index is 12.0. The van der Waals surface area contributed by atoms with Crippen LogP contribution in [0.4, 0.5) is 0 Å². The first-order valence-electron chi connectivity index (χ1n) is 9.08. The summed E-state index contributed by atoms with van der Waals surface area (Å²) in [5.41, 5.74) is 6.81. The van der Waals surface area contributed by atoms with E-state index in [9.17, 15) is 4.79 Å². The normalized spacial score (nSPS) is 11.7. The zero-order valence-electron chi connectivity index (χ0n) is 16.5. The van der Waals surface area contributed by atoms with E-state index in [-0.39, 0.29) is 5.91 Å². The second-order valence-corrected chi connectivity index (χ2v) is 6.70. The minimum Gasteiger partial charge on any atom is -0.496 e. The lowest BCUT2D eigenvalue weighted by atomic mass is 9.96. The van der Waals surface area contributed by atoms with Crippen molar-refractivity contribution in [3.8, 4) is 16.9 Å². The Kier molecular flexibility index (Phi) is 5.36. The number of benzene rings is 2. The zero-order chi connectivity index (χ0) is 19.6. The molecule has 0 saturated heterocycles. The molecule has 0 unspecified atom stereocenters. The molecule has 3 aromatic rings. The number of hydrogen-bond acceptors (Lipinski definition) is 3. The van der Waals surface area contributed by atoms with Gasteiger partial charge in [0, 0.05) is 34.7 Å². The number of aryl methyl sites for hydroxylation is 2. The number of furan rings is 1. The molecule has 0 aliphatic heterocycles. The van der Waals surface area contributed by atoms with E-state index >= 15 is 0 Å². The molecule has 3 rings (SSSR count). The molecule has 27 heavy (non-hydrogen) atoms. The first-order chi connectivity index (χ1) is 13.0. The fourth-order valence-electron chi connectivity index (χ4n) is 3.33. The van der Waals surface area contributed by atoms with Crippen molar-refractivity contribution < 1.29 is 13.9 Å². The van der Waals surface area contributed by atoms with Crippen LogP contribution in [0.1, 0.15) is 30.5 Å². The second kappa shape index (κ2) is 7.70. The van der Waals surface area contributed by atoms with Gasteiger partial charge in [-0.1, -0.05) is 29.8 Å². The molecule has 1 aromatic heterocycles. The van der Waals surface area contributed by atoms with Crippen LogP contribution in [0.3, 0.4) is 0 Å². The summed E-state index contributed by atoms with van der Waals surface area (Å²) in [4.78, 5) is 12.0. The third kappa shape index (κ3) is 3.61. The van der Waals surface area contributed by atoms with E-state index in [1.807, 2.05) is 26.8 Å². The highest BCUT2D eigenvalue weighted by Gasteiger charge is 2.18.